The van der Waals surface area contributed by atoms with Crippen LogP contribution in [-0.2, 0) is 4.79 Å². The summed E-state index contributed by atoms with van der Waals surface area (Å²) in [4.78, 5) is 10.3. The van der Waals surface area contributed by atoms with Crippen molar-refractivity contribution in [3.8, 4) is 0 Å². The maximum atomic E-state index is 12.7. The molecule has 0 aromatic carbocycles. The van der Waals surface area contributed by atoms with Gasteiger partial charge in [-0.2, -0.15) is 0 Å². The van der Waals surface area contributed by atoms with E-state index in [9.17, 15) is 9.18 Å². The van der Waals surface area contributed by atoms with E-state index in [0.29, 0.717) is 0 Å². The van der Waals surface area contributed by atoms with E-state index in [1.54, 1.807) is 0 Å². The first-order valence-electron chi connectivity index (χ1n) is 3.07. The molecule has 0 saturated heterocycles. The van der Waals surface area contributed by atoms with Crippen molar-refractivity contribution < 1.29 is 14.3 Å². The van der Waals surface area contributed by atoms with E-state index >= 15 is 0 Å². The van der Waals surface area contributed by atoms with E-state index < -0.39 is 17.2 Å². The van der Waals surface area contributed by atoms with Gasteiger partial charge in [-0.1, -0.05) is 0 Å². The number of nitrogens with two attached hydrogens (primary N) is 1. The zero-order valence-corrected chi connectivity index (χ0v) is 6.95. The van der Waals surface area contributed by atoms with Crippen LogP contribution in [0.5, 0.6) is 0 Å². The molecule has 0 unspecified atom stereocenters. The molecule has 5 heteroatoms. The van der Waals surface area contributed by atoms with Gasteiger partial charge in [-0.05, 0) is 6.92 Å². The minimum Gasteiger partial charge on any atom is -0.480 e. The molecular formula is C6H11ClFNO2. The third-order valence-corrected chi connectivity index (χ3v) is 1.79. The fraction of sp³-hybridized carbons (Fsp3) is 0.833. The lowest BCUT2D eigenvalue weighted by Crippen LogP contribution is -2.63. The molecule has 0 heterocycles. The molecule has 0 aromatic rings. The fourth-order valence-corrected chi connectivity index (χ4v) is 1.41. The topological polar surface area (TPSA) is 63.3 Å². The second-order valence-electron chi connectivity index (χ2n) is 3.23. The van der Waals surface area contributed by atoms with Gasteiger partial charge in [-0.3, -0.25) is 4.79 Å². The normalized spacial score (nSPS) is 42.1. The van der Waals surface area contributed by atoms with Gasteiger partial charge in [0.25, 0.3) is 0 Å². The smallest absolute Gasteiger partial charge is 0.323 e. The maximum Gasteiger partial charge on any atom is 0.323 e. The number of carboxylic acid groups (broad SMARTS) is 1. The Balaban J connectivity index is 0.000001000. The predicted octanol–water partition coefficient (Wildman–Crippen LogP) is 0.712. The molecule has 0 spiro atoms. The SMILES string of the molecule is CC1(F)CC(N)(C(=O)O)C1.Cl. The van der Waals surface area contributed by atoms with Crippen LogP contribution in [0, 0.1) is 0 Å². The van der Waals surface area contributed by atoms with E-state index in [4.69, 9.17) is 10.8 Å². The number of rotatable bonds is 1. The lowest BCUT2D eigenvalue weighted by molar-refractivity contribution is -0.153. The van der Waals surface area contributed by atoms with Crippen molar-refractivity contribution in [1.29, 1.82) is 0 Å². The largest absolute Gasteiger partial charge is 0.480 e. The Bertz CT molecular complexity index is 175. The van der Waals surface area contributed by atoms with Crippen molar-refractivity contribution in [2.75, 3.05) is 0 Å². The summed E-state index contributed by atoms with van der Waals surface area (Å²) >= 11 is 0. The first-order chi connectivity index (χ1) is 4.36. The van der Waals surface area contributed by atoms with Crippen LogP contribution in [0.3, 0.4) is 0 Å². The second kappa shape index (κ2) is 2.60. The molecule has 11 heavy (non-hydrogen) atoms. The third kappa shape index (κ3) is 1.81. The van der Waals surface area contributed by atoms with Gasteiger partial charge in [0.15, 0.2) is 0 Å². The van der Waals surface area contributed by atoms with Crippen molar-refractivity contribution in [1.82, 2.24) is 0 Å². The average Bonchev–Trinajstić information content (AvgIpc) is 1.59. The number of carboxylic acids is 1. The van der Waals surface area contributed by atoms with E-state index in [2.05, 4.69) is 0 Å². The highest BCUT2D eigenvalue weighted by Gasteiger charge is 2.55. The molecule has 66 valence electrons. The maximum absolute atomic E-state index is 12.7. The Labute approximate surface area is 70.2 Å². The Morgan fingerprint density at radius 1 is 1.64 bits per heavy atom. The summed E-state index contributed by atoms with van der Waals surface area (Å²) in [5, 5.41) is 8.43. The first-order valence-corrected chi connectivity index (χ1v) is 3.07. The van der Waals surface area contributed by atoms with Gasteiger partial charge >= 0.3 is 5.97 Å². The number of aliphatic carboxylic acids is 1. The number of carbonyl (C=O) groups is 1. The quantitative estimate of drug-likeness (QED) is 0.630. The molecule has 0 aromatic heterocycles. The van der Waals surface area contributed by atoms with Crippen LogP contribution in [-0.4, -0.2) is 22.3 Å². The molecule has 0 radical (unpaired) electrons. The van der Waals surface area contributed by atoms with E-state index in [0.717, 1.165) is 0 Å². The van der Waals surface area contributed by atoms with Crippen molar-refractivity contribution >= 4 is 18.4 Å². The summed E-state index contributed by atoms with van der Waals surface area (Å²) in [6.45, 7) is 1.36. The lowest BCUT2D eigenvalue weighted by Gasteiger charge is -2.44. The highest BCUT2D eigenvalue weighted by atomic mass is 35.5. The van der Waals surface area contributed by atoms with Gasteiger partial charge in [0.2, 0.25) is 0 Å². The van der Waals surface area contributed by atoms with E-state index in [1.807, 2.05) is 0 Å². The Hall–Kier alpha value is -0.350. The minimum atomic E-state index is -1.37. The van der Waals surface area contributed by atoms with Crippen LogP contribution < -0.4 is 5.73 Å². The highest BCUT2D eigenvalue weighted by molar-refractivity contribution is 5.85. The van der Waals surface area contributed by atoms with Gasteiger partial charge in [0, 0.05) is 12.8 Å². The van der Waals surface area contributed by atoms with Crippen LogP contribution >= 0.6 is 12.4 Å². The summed E-state index contributed by atoms with van der Waals surface area (Å²) in [6, 6.07) is 0. The second-order valence-corrected chi connectivity index (χ2v) is 3.23. The minimum absolute atomic E-state index is 0. The summed E-state index contributed by atoms with van der Waals surface area (Å²) in [7, 11) is 0. The summed E-state index contributed by atoms with van der Waals surface area (Å²) in [6.07, 6.45) is -0.148. The van der Waals surface area contributed by atoms with Gasteiger partial charge in [-0.15, -0.1) is 12.4 Å². The Kier molecular flexibility index (Phi) is 2.52. The van der Waals surface area contributed by atoms with Gasteiger partial charge in [0.1, 0.15) is 11.2 Å². The van der Waals surface area contributed by atoms with Crippen molar-refractivity contribution in [3.63, 3.8) is 0 Å². The zero-order chi connectivity index (χ0) is 7.99. The van der Waals surface area contributed by atoms with Crippen LogP contribution in [0.1, 0.15) is 19.8 Å². The molecular weight excluding hydrogens is 173 g/mol. The van der Waals surface area contributed by atoms with Crippen LogP contribution in [0.2, 0.25) is 0 Å². The van der Waals surface area contributed by atoms with Gasteiger partial charge < -0.3 is 10.8 Å². The molecule has 0 atom stereocenters. The van der Waals surface area contributed by atoms with Crippen LogP contribution in [0.25, 0.3) is 0 Å². The Morgan fingerprint density at radius 3 is 2.09 bits per heavy atom. The molecule has 3 nitrogen and oxygen atoms in total. The van der Waals surface area contributed by atoms with Crippen LogP contribution in [0.4, 0.5) is 4.39 Å². The van der Waals surface area contributed by atoms with Gasteiger partial charge in [0.05, 0.1) is 0 Å². The number of hydrogen-bond donors (Lipinski definition) is 2. The molecule has 3 N–H and O–H groups in total. The first kappa shape index (κ1) is 10.7. The standard InChI is InChI=1S/C6H10FNO2.ClH/c1-5(7)2-6(8,3-5)4(9)10;/h2-3,8H2,1H3,(H,9,10);1H. The van der Waals surface area contributed by atoms with Crippen LogP contribution in [0.15, 0.2) is 0 Å². The molecule has 1 aliphatic rings. The molecule has 0 bridgehead atoms. The molecule has 1 rings (SSSR count). The molecule has 1 aliphatic carbocycles. The molecule has 0 aliphatic heterocycles. The Morgan fingerprint density at radius 2 is 2.00 bits per heavy atom. The molecule has 0 amide bonds. The lowest BCUT2D eigenvalue weighted by atomic mass is 9.68. The number of hydrogen-bond acceptors (Lipinski definition) is 2. The molecule has 1 fully saturated rings. The summed E-state index contributed by atoms with van der Waals surface area (Å²) < 4.78 is 12.7. The van der Waals surface area contributed by atoms with E-state index in [-0.39, 0.29) is 25.2 Å². The van der Waals surface area contributed by atoms with E-state index in [1.165, 1.54) is 6.92 Å². The zero-order valence-electron chi connectivity index (χ0n) is 6.13. The van der Waals surface area contributed by atoms with Crippen molar-refractivity contribution in [3.05, 3.63) is 0 Å². The number of alkyl halides is 1. The summed E-state index contributed by atoms with van der Waals surface area (Å²) in [5.41, 5.74) is 2.61. The van der Waals surface area contributed by atoms with Crippen molar-refractivity contribution in [2.45, 2.75) is 31.0 Å². The third-order valence-electron chi connectivity index (χ3n) is 1.79. The van der Waals surface area contributed by atoms with Crippen molar-refractivity contribution in [2.24, 2.45) is 5.73 Å². The highest BCUT2D eigenvalue weighted by Crippen LogP contribution is 2.42. The van der Waals surface area contributed by atoms with Gasteiger partial charge in [-0.25, -0.2) is 4.39 Å². The number of halogens is 2. The fourth-order valence-electron chi connectivity index (χ4n) is 1.41. The average molecular weight is 184 g/mol. The predicted molar refractivity (Wildman–Crippen MR) is 40.5 cm³/mol. The summed E-state index contributed by atoms with van der Waals surface area (Å²) in [5.74, 6) is -1.11. The monoisotopic (exact) mass is 183 g/mol. The molecule has 1 saturated carbocycles.